The van der Waals surface area contributed by atoms with Crippen molar-refractivity contribution in [3.05, 3.63) is 63.8 Å². The number of hydrogen-bond donors (Lipinski definition) is 2. The monoisotopic (exact) mass is 415 g/mol. The van der Waals surface area contributed by atoms with Crippen molar-refractivity contribution >= 4 is 40.3 Å². The molecule has 0 saturated carbocycles. The zero-order chi connectivity index (χ0) is 21.3. The molecule has 2 aromatic carbocycles. The molecule has 0 aliphatic heterocycles. The highest BCUT2D eigenvalue weighted by molar-refractivity contribution is 6.30. The molecule has 3 rings (SSSR count). The van der Waals surface area contributed by atoms with Crippen molar-refractivity contribution in [2.75, 3.05) is 7.11 Å². The third-order valence-electron chi connectivity index (χ3n) is 4.73. The third-order valence-corrected chi connectivity index (χ3v) is 4.98. The van der Waals surface area contributed by atoms with Crippen LogP contribution in [0.3, 0.4) is 0 Å². The van der Waals surface area contributed by atoms with Crippen molar-refractivity contribution in [3.63, 3.8) is 0 Å². The highest BCUT2D eigenvalue weighted by atomic mass is 35.5. The van der Waals surface area contributed by atoms with Gasteiger partial charge in [-0.1, -0.05) is 11.6 Å². The van der Waals surface area contributed by atoms with Crippen LogP contribution < -0.4 is 4.74 Å². The molecule has 0 atom stereocenters. The number of carbonyl (C=O) groups is 3. The Kier molecular flexibility index (Phi) is 5.61. The van der Waals surface area contributed by atoms with E-state index in [-0.39, 0.29) is 18.7 Å². The Hall–Kier alpha value is -3.32. The van der Waals surface area contributed by atoms with Crippen LogP contribution in [-0.4, -0.2) is 39.7 Å². The van der Waals surface area contributed by atoms with Gasteiger partial charge in [0.05, 0.1) is 25.5 Å². The van der Waals surface area contributed by atoms with Crippen molar-refractivity contribution in [3.8, 4) is 5.75 Å². The lowest BCUT2D eigenvalue weighted by Gasteiger charge is -2.11. The molecule has 7 nitrogen and oxygen atoms in total. The molecule has 29 heavy (non-hydrogen) atoms. The number of nitrogens with zero attached hydrogens (tertiary/aromatic N) is 1. The SMILES string of the molecule is COc1ccc2c(c1CC(=O)O)c(CC(=O)O)c(C)n2C(=O)c1ccc(Cl)cc1. The molecule has 0 amide bonds. The fourth-order valence-electron chi connectivity index (χ4n) is 3.50. The molecule has 0 aliphatic carbocycles. The molecule has 150 valence electrons. The van der Waals surface area contributed by atoms with Gasteiger partial charge >= 0.3 is 11.9 Å². The molecule has 8 heteroatoms. The highest BCUT2D eigenvalue weighted by Crippen LogP contribution is 2.35. The quantitative estimate of drug-likeness (QED) is 0.637. The number of carboxylic acid groups (broad SMARTS) is 2. The average Bonchev–Trinajstić information content (AvgIpc) is 2.93. The second-order valence-corrected chi connectivity index (χ2v) is 6.93. The van der Waals surface area contributed by atoms with E-state index in [4.69, 9.17) is 16.3 Å². The Labute approximate surface area is 171 Å². The van der Waals surface area contributed by atoms with Crippen LogP contribution in [-0.2, 0) is 22.4 Å². The lowest BCUT2D eigenvalue weighted by atomic mass is 9.99. The van der Waals surface area contributed by atoms with Crippen molar-refractivity contribution in [1.82, 2.24) is 4.57 Å². The first kappa shape index (κ1) is 20.4. The minimum atomic E-state index is -1.09. The maximum absolute atomic E-state index is 13.2. The Bertz CT molecular complexity index is 1130. The summed E-state index contributed by atoms with van der Waals surface area (Å²) in [5.74, 6) is -2.23. The minimum Gasteiger partial charge on any atom is -0.496 e. The molecule has 0 saturated heterocycles. The van der Waals surface area contributed by atoms with Gasteiger partial charge in [0.25, 0.3) is 5.91 Å². The Morgan fingerprint density at radius 3 is 2.10 bits per heavy atom. The van der Waals surface area contributed by atoms with Crippen molar-refractivity contribution < 1.29 is 29.3 Å². The molecule has 0 unspecified atom stereocenters. The van der Waals surface area contributed by atoms with Gasteiger partial charge in [-0.2, -0.15) is 0 Å². The predicted molar refractivity (Wildman–Crippen MR) is 107 cm³/mol. The van der Waals surface area contributed by atoms with Crippen LogP contribution in [0.15, 0.2) is 36.4 Å². The standard InChI is InChI=1S/C21H18ClNO6/c1-11-14(9-18(24)25)20-15(10-19(26)27)17(29-2)8-7-16(20)23(11)21(28)12-3-5-13(22)6-4-12/h3-8H,9-10H2,1-2H3,(H,24,25)(H,26,27). The number of aromatic nitrogens is 1. The number of halogens is 1. The summed E-state index contributed by atoms with van der Waals surface area (Å²) in [7, 11) is 1.41. The van der Waals surface area contributed by atoms with Crippen molar-refractivity contribution in [1.29, 1.82) is 0 Å². The second-order valence-electron chi connectivity index (χ2n) is 6.49. The van der Waals surface area contributed by atoms with E-state index >= 15 is 0 Å². The van der Waals surface area contributed by atoms with E-state index in [1.807, 2.05) is 0 Å². The number of carboxylic acids is 2. The Morgan fingerprint density at radius 1 is 0.966 bits per heavy atom. The second kappa shape index (κ2) is 7.97. The molecule has 0 fully saturated rings. The highest BCUT2D eigenvalue weighted by Gasteiger charge is 2.25. The van der Waals surface area contributed by atoms with Crippen LogP contribution in [0.2, 0.25) is 5.02 Å². The van der Waals surface area contributed by atoms with Crippen molar-refractivity contribution in [2.24, 2.45) is 0 Å². The summed E-state index contributed by atoms with van der Waals surface area (Å²) >= 11 is 5.90. The molecular formula is C21H18ClNO6. The fraction of sp³-hybridized carbons (Fsp3) is 0.190. The smallest absolute Gasteiger partial charge is 0.307 e. The maximum Gasteiger partial charge on any atom is 0.307 e. The minimum absolute atomic E-state index is 0.322. The van der Waals surface area contributed by atoms with E-state index in [1.165, 1.54) is 11.7 Å². The number of hydrogen-bond acceptors (Lipinski definition) is 4. The van der Waals surface area contributed by atoms with E-state index in [2.05, 4.69) is 0 Å². The molecule has 0 aliphatic rings. The molecule has 0 radical (unpaired) electrons. The van der Waals surface area contributed by atoms with Gasteiger partial charge in [-0.3, -0.25) is 19.0 Å². The van der Waals surface area contributed by atoms with Gasteiger partial charge in [0.15, 0.2) is 0 Å². The van der Waals surface area contributed by atoms with Crippen LogP contribution in [0, 0.1) is 6.92 Å². The lowest BCUT2D eigenvalue weighted by molar-refractivity contribution is -0.137. The predicted octanol–water partition coefficient (Wildman–Crippen LogP) is 3.55. The molecule has 2 N–H and O–H groups in total. The van der Waals surface area contributed by atoms with E-state index in [1.54, 1.807) is 43.3 Å². The first-order valence-electron chi connectivity index (χ1n) is 8.68. The maximum atomic E-state index is 13.2. The summed E-state index contributed by atoms with van der Waals surface area (Å²) < 4.78 is 6.71. The Morgan fingerprint density at radius 2 is 1.55 bits per heavy atom. The summed E-state index contributed by atoms with van der Waals surface area (Å²) in [5.41, 5.74) is 1.94. The van der Waals surface area contributed by atoms with Gasteiger partial charge in [-0.15, -0.1) is 0 Å². The molecule has 0 spiro atoms. The molecule has 0 bridgehead atoms. The number of rotatable bonds is 6. The third kappa shape index (κ3) is 3.82. The topological polar surface area (TPSA) is 106 Å². The number of aliphatic carboxylic acids is 2. The lowest BCUT2D eigenvalue weighted by Crippen LogP contribution is -2.14. The first-order valence-corrected chi connectivity index (χ1v) is 9.06. The zero-order valence-electron chi connectivity index (χ0n) is 15.7. The summed E-state index contributed by atoms with van der Waals surface area (Å²) in [6, 6.07) is 9.55. The van der Waals surface area contributed by atoms with Crippen LogP contribution in [0.4, 0.5) is 0 Å². The number of fused-ring (bicyclic) bond motifs is 1. The summed E-state index contributed by atoms with van der Waals surface area (Å²) in [6.45, 7) is 1.64. The largest absolute Gasteiger partial charge is 0.496 e. The van der Waals surface area contributed by atoms with Crippen molar-refractivity contribution in [2.45, 2.75) is 19.8 Å². The van der Waals surface area contributed by atoms with Gasteiger partial charge in [0.2, 0.25) is 0 Å². The van der Waals surface area contributed by atoms with E-state index in [9.17, 15) is 24.6 Å². The van der Waals surface area contributed by atoms with Gasteiger partial charge in [0.1, 0.15) is 5.75 Å². The van der Waals surface area contributed by atoms with Gasteiger partial charge in [-0.05, 0) is 48.9 Å². The van der Waals surface area contributed by atoms with E-state index < -0.39 is 11.9 Å². The molecular weight excluding hydrogens is 398 g/mol. The van der Waals surface area contributed by atoms with Crippen LogP contribution in [0.5, 0.6) is 5.75 Å². The number of methoxy groups -OCH3 is 1. The van der Waals surface area contributed by atoms with Gasteiger partial charge in [-0.25, -0.2) is 0 Å². The van der Waals surface area contributed by atoms with Crippen LogP contribution in [0.25, 0.3) is 10.9 Å². The molecule has 1 aromatic heterocycles. The van der Waals surface area contributed by atoms with Crippen LogP contribution >= 0.6 is 11.6 Å². The van der Waals surface area contributed by atoms with E-state index in [0.29, 0.717) is 44.1 Å². The number of carbonyl (C=O) groups excluding carboxylic acids is 1. The summed E-state index contributed by atoms with van der Waals surface area (Å²) in [5, 5.41) is 19.6. The summed E-state index contributed by atoms with van der Waals surface area (Å²) in [6.07, 6.45) is -0.727. The fourth-order valence-corrected chi connectivity index (χ4v) is 3.63. The average molecular weight is 416 g/mol. The van der Waals surface area contributed by atoms with Crippen LogP contribution in [0.1, 0.15) is 27.2 Å². The normalized spacial score (nSPS) is 10.9. The Balaban J connectivity index is 2.35. The molecule has 3 aromatic rings. The van der Waals surface area contributed by atoms with Gasteiger partial charge < -0.3 is 14.9 Å². The first-order chi connectivity index (χ1) is 13.7. The number of benzene rings is 2. The summed E-state index contributed by atoms with van der Waals surface area (Å²) in [4.78, 5) is 36.1. The number of ether oxygens (including phenoxy) is 1. The van der Waals surface area contributed by atoms with Gasteiger partial charge in [0, 0.05) is 27.2 Å². The zero-order valence-corrected chi connectivity index (χ0v) is 16.5. The molecule has 1 heterocycles. The van der Waals surface area contributed by atoms with E-state index in [0.717, 1.165) is 0 Å².